The van der Waals surface area contributed by atoms with Crippen molar-refractivity contribution in [3.05, 3.63) is 33.0 Å². The third-order valence-electron chi connectivity index (χ3n) is 7.22. The van der Waals surface area contributed by atoms with Gasteiger partial charge in [0.2, 0.25) is 0 Å². The first-order valence-corrected chi connectivity index (χ1v) is 14.1. The molecule has 0 spiro atoms. The molecule has 1 aromatic carbocycles. The van der Waals surface area contributed by atoms with Crippen LogP contribution in [0.1, 0.15) is 121 Å². The molecule has 0 bridgehead atoms. The standard InChI is InChI=1S/C28H44IN/c1-2-3-4-5-6-7-8-9-10-11-12-13-14-15-16-23-17-19-27-25(21-23)26-22-24(29)18-20-28(26)30-27/h18,20,22-23,30H,2-17,19,21H2,1H3. The molecule has 1 unspecified atom stereocenters. The second-order valence-electron chi connectivity index (χ2n) is 9.77. The summed E-state index contributed by atoms with van der Waals surface area (Å²) in [4.78, 5) is 3.68. The van der Waals surface area contributed by atoms with Gasteiger partial charge in [-0.3, -0.25) is 0 Å². The molecule has 0 aliphatic heterocycles. The van der Waals surface area contributed by atoms with Gasteiger partial charge < -0.3 is 4.98 Å². The summed E-state index contributed by atoms with van der Waals surface area (Å²) in [5, 5.41) is 1.49. The van der Waals surface area contributed by atoms with E-state index in [2.05, 4.69) is 52.7 Å². The maximum atomic E-state index is 3.68. The molecule has 30 heavy (non-hydrogen) atoms. The van der Waals surface area contributed by atoms with E-state index in [1.165, 1.54) is 136 Å². The molecule has 0 fully saturated rings. The summed E-state index contributed by atoms with van der Waals surface area (Å²) in [7, 11) is 0. The van der Waals surface area contributed by atoms with Crippen LogP contribution < -0.4 is 0 Å². The minimum Gasteiger partial charge on any atom is -0.358 e. The van der Waals surface area contributed by atoms with Crippen LogP contribution in [0.4, 0.5) is 0 Å². The van der Waals surface area contributed by atoms with Crippen LogP contribution >= 0.6 is 22.6 Å². The zero-order chi connectivity index (χ0) is 21.0. The van der Waals surface area contributed by atoms with Gasteiger partial charge in [0, 0.05) is 20.2 Å². The van der Waals surface area contributed by atoms with Crippen molar-refractivity contribution in [1.82, 2.24) is 4.98 Å². The Morgan fingerprint density at radius 3 is 2.07 bits per heavy atom. The Morgan fingerprint density at radius 2 is 1.43 bits per heavy atom. The highest BCUT2D eigenvalue weighted by Crippen LogP contribution is 2.34. The number of benzene rings is 1. The van der Waals surface area contributed by atoms with E-state index in [1.54, 1.807) is 5.56 Å². The third-order valence-corrected chi connectivity index (χ3v) is 7.89. The summed E-state index contributed by atoms with van der Waals surface area (Å²) in [5.74, 6) is 0.909. The molecule has 1 nitrogen and oxygen atoms in total. The Hall–Kier alpha value is -0.510. The number of aromatic nitrogens is 1. The van der Waals surface area contributed by atoms with Crippen LogP contribution in [-0.4, -0.2) is 4.98 Å². The highest BCUT2D eigenvalue weighted by molar-refractivity contribution is 14.1. The molecule has 1 aliphatic rings. The number of rotatable bonds is 15. The van der Waals surface area contributed by atoms with Gasteiger partial charge >= 0.3 is 0 Å². The number of aromatic amines is 1. The number of halogens is 1. The predicted molar refractivity (Wildman–Crippen MR) is 141 cm³/mol. The summed E-state index contributed by atoms with van der Waals surface area (Å²) in [6, 6.07) is 6.86. The molecule has 0 amide bonds. The van der Waals surface area contributed by atoms with Gasteiger partial charge in [-0.2, -0.15) is 0 Å². The number of hydrogen-bond acceptors (Lipinski definition) is 0. The molecule has 0 saturated carbocycles. The fourth-order valence-corrected chi connectivity index (χ4v) is 5.83. The van der Waals surface area contributed by atoms with Gasteiger partial charge in [-0.25, -0.2) is 0 Å². The highest BCUT2D eigenvalue weighted by Gasteiger charge is 2.22. The maximum Gasteiger partial charge on any atom is 0.0459 e. The van der Waals surface area contributed by atoms with Crippen LogP contribution in [0.3, 0.4) is 0 Å². The lowest BCUT2D eigenvalue weighted by Crippen LogP contribution is -2.13. The number of nitrogens with one attached hydrogen (secondary N) is 1. The topological polar surface area (TPSA) is 15.8 Å². The number of hydrogen-bond donors (Lipinski definition) is 1. The average molecular weight is 522 g/mol. The minimum atomic E-state index is 0.909. The van der Waals surface area contributed by atoms with Crippen LogP contribution in [0.15, 0.2) is 18.2 Å². The van der Waals surface area contributed by atoms with Crippen molar-refractivity contribution in [2.45, 2.75) is 122 Å². The number of H-pyrrole nitrogens is 1. The summed E-state index contributed by atoms with van der Waals surface area (Å²) in [6.07, 6.45) is 25.8. The molecule has 3 rings (SSSR count). The third kappa shape index (κ3) is 7.88. The van der Waals surface area contributed by atoms with E-state index < -0.39 is 0 Å². The SMILES string of the molecule is CCCCCCCCCCCCCCCCC1CCc2[nH]c3ccc(I)cc3c2C1. The molecule has 1 atom stereocenters. The molecule has 2 aromatic rings. The van der Waals surface area contributed by atoms with Crippen molar-refractivity contribution >= 4 is 33.5 Å². The van der Waals surface area contributed by atoms with E-state index in [0.29, 0.717) is 0 Å². The zero-order valence-electron chi connectivity index (χ0n) is 19.4. The molecule has 1 heterocycles. The lowest BCUT2D eigenvalue weighted by Gasteiger charge is -2.22. The molecular formula is C28H44IN. The Balaban J connectivity index is 1.20. The predicted octanol–water partition coefficient (Wildman–Crippen LogP) is 9.75. The van der Waals surface area contributed by atoms with E-state index in [1.807, 2.05) is 0 Å². The maximum absolute atomic E-state index is 3.68. The van der Waals surface area contributed by atoms with Crippen molar-refractivity contribution < 1.29 is 0 Å². The van der Waals surface area contributed by atoms with Crippen LogP contribution in [0.2, 0.25) is 0 Å². The average Bonchev–Trinajstić information content (AvgIpc) is 3.11. The van der Waals surface area contributed by atoms with Gasteiger partial charge in [0.25, 0.3) is 0 Å². The fourth-order valence-electron chi connectivity index (χ4n) is 5.34. The molecule has 0 saturated heterocycles. The molecule has 0 radical (unpaired) electrons. The van der Waals surface area contributed by atoms with Crippen molar-refractivity contribution in [3.8, 4) is 0 Å². The Kier molecular flexibility index (Phi) is 11.1. The van der Waals surface area contributed by atoms with Crippen molar-refractivity contribution in [2.24, 2.45) is 5.92 Å². The summed E-state index contributed by atoms with van der Waals surface area (Å²) >= 11 is 2.44. The summed E-state index contributed by atoms with van der Waals surface area (Å²) < 4.78 is 1.36. The number of aryl methyl sites for hydroxylation is 1. The zero-order valence-corrected chi connectivity index (χ0v) is 21.6. The smallest absolute Gasteiger partial charge is 0.0459 e. The molecule has 1 aromatic heterocycles. The van der Waals surface area contributed by atoms with Gasteiger partial charge in [0.05, 0.1) is 0 Å². The molecule has 168 valence electrons. The number of unbranched alkanes of at least 4 members (excludes halogenated alkanes) is 13. The number of fused-ring (bicyclic) bond motifs is 3. The van der Waals surface area contributed by atoms with Gasteiger partial charge in [-0.05, 0) is 71.5 Å². The van der Waals surface area contributed by atoms with Gasteiger partial charge in [-0.15, -0.1) is 0 Å². The molecule has 2 heteroatoms. The van der Waals surface area contributed by atoms with E-state index >= 15 is 0 Å². The molecular weight excluding hydrogens is 477 g/mol. The molecule has 1 N–H and O–H groups in total. The Labute approximate surface area is 199 Å². The summed E-state index contributed by atoms with van der Waals surface area (Å²) in [6.45, 7) is 2.30. The minimum absolute atomic E-state index is 0.909. The normalized spacial score (nSPS) is 16.3. The van der Waals surface area contributed by atoms with Gasteiger partial charge in [0.15, 0.2) is 0 Å². The summed E-state index contributed by atoms with van der Waals surface area (Å²) in [5.41, 5.74) is 4.49. The quantitative estimate of drug-likeness (QED) is 0.177. The van der Waals surface area contributed by atoms with Gasteiger partial charge in [0.1, 0.15) is 0 Å². The second kappa shape index (κ2) is 13.8. The lowest BCUT2D eigenvalue weighted by molar-refractivity contribution is 0.403. The highest BCUT2D eigenvalue weighted by atomic mass is 127. The first kappa shape index (κ1) is 24.1. The van der Waals surface area contributed by atoms with Crippen LogP contribution in [-0.2, 0) is 12.8 Å². The first-order valence-electron chi connectivity index (χ1n) is 13.1. The lowest BCUT2D eigenvalue weighted by atomic mass is 9.83. The van der Waals surface area contributed by atoms with Crippen LogP contribution in [0.25, 0.3) is 10.9 Å². The van der Waals surface area contributed by atoms with Crippen molar-refractivity contribution in [3.63, 3.8) is 0 Å². The van der Waals surface area contributed by atoms with E-state index in [9.17, 15) is 0 Å². The van der Waals surface area contributed by atoms with E-state index in [-0.39, 0.29) is 0 Å². The fraction of sp³-hybridized carbons (Fsp3) is 0.714. The van der Waals surface area contributed by atoms with Crippen molar-refractivity contribution in [2.75, 3.05) is 0 Å². The van der Waals surface area contributed by atoms with E-state index in [4.69, 9.17) is 0 Å². The second-order valence-corrected chi connectivity index (χ2v) is 11.0. The van der Waals surface area contributed by atoms with Crippen LogP contribution in [0, 0.1) is 9.49 Å². The Morgan fingerprint density at radius 1 is 0.833 bits per heavy atom. The van der Waals surface area contributed by atoms with E-state index in [0.717, 1.165) is 5.92 Å². The van der Waals surface area contributed by atoms with Crippen molar-refractivity contribution in [1.29, 1.82) is 0 Å². The van der Waals surface area contributed by atoms with Crippen LogP contribution in [0.5, 0.6) is 0 Å². The van der Waals surface area contributed by atoms with Gasteiger partial charge in [-0.1, -0.05) is 103 Å². The first-order chi connectivity index (χ1) is 14.8. The molecule has 1 aliphatic carbocycles. The monoisotopic (exact) mass is 521 g/mol. The largest absolute Gasteiger partial charge is 0.358 e. The Bertz CT molecular complexity index is 732.